The molecule has 0 spiro atoms. The fraction of sp³-hybridized carbons (Fsp3) is 0.200. The quantitative estimate of drug-likeness (QED) is 0.658. The van der Waals surface area contributed by atoms with E-state index < -0.39 is 11.9 Å². The number of rotatable bonds is 6. The Morgan fingerprint density at radius 1 is 0.897 bits per heavy atom. The van der Waals surface area contributed by atoms with Gasteiger partial charge in [-0.05, 0) is 44.2 Å². The van der Waals surface area contributed by atoms with Crippen LogP contribution in [-0.4, -0.2) is 46.0 Å². The molecule has 0 atom stereocenters. The van der Waals surface area contributed by atoms with Gasteiger partial charge in [-0.2, -0.15) is 0 Å². The van der Waals surface area contributed by atoms with Crippen LogP contribution in [0.25, 0.3) is 5.69 Å². The molecule has 1 amide bonds. The van der Waals surface area contributed by atoms with Gasteiger partial charge in [0, 0.05) is 17.3 Å². The summed E-state index contributed by atoms with van der Waals surface area (Å²) >= 11 is 0. The van der Waals surface area contributed by atoms with Crippen LogP contribution >= 0.6 is 0 Å². The van der Waals surface area contributed by atoms with Crippen LogP contribution in [0, 0.1) is 13.8 Å². The second-order valence-electron chi connectivity index (χ2n) is 6.26. The van der Waals surface area contributed by atoms with Gasteiger partial charge in [-0.15, -0.1) is 10.2 Å². The maximum absolute atomic E-state index is 12.8. The molecule has 2 aromatic carbocycles. The Balaban J connectivity index is 2.01. The van der Waals surface area contributed by atoms with Crippen molar-refractivity contribution in [3.8, 4) is 17.2 Å². The lowest BCUT2D eigenvalue weighted by molar-refractivity contribution is 0.0696. The van der Waals surface area contributed by atoms with E-state index in [1.54, 1.807) is 42.7 Å². The number of ether oxygens (including phenoxy) is 2. The summed E-state index contributed by atoms with van der Waals surface area (Å²) in [5.41, 5.74) is 1.18. The van der Waals surface area contributed by atoms with Crippen molar-refractivity contribution in [2.45, 2.75) is 13.8 Å². The molecule has 0 aliphatic carbocycles. The number of aromatic carboxylic acids is 1. The standard InChI is InChI=1S/C20H20N4O5/c1-11-22-23-12(2)24(11)16-6-14(20(26)27)5-15(9-16)21-19(25)13-7-17(28-3)10-18(8-13)29-4/h5-10H,1-4H3,(H,21,25)(H,26,27). The van der Waals surface area contributed by atoms with Gasteiger partial charge in [-0.3, -0.25) is 9.36 Å². The Morgan fingerprint density at radius 2 is 1.48 bits per heavy atom. The molecule has 0 aliphatic rings. The summed E-state index contributed by atoms with van der Waals surface area (Å²) in [4.78, 5) is 24.3. The molecule has 0 fully saturated rings. The number of methoxy groups -OCH3 is 2. The van der Waals surface area contributed by atoms with E-state index in [2.05, 4.69) is 15.5 Å². The van der Waals surface area contributed by atoms with Crippen molar-refractivity contribution < 1.29 is 24.2 Å². The van der Waals surface area contributed by atoms with E-state index in [-0.39, 0.29) is 5.56 Å². The van der Waals surface area contributed by atoms with Gasteiger partial charge in [0.05, 0.1) is 25.5 Å². The number of carboxylic acids is 1. The topological polar surface area (TPSA) is 116 Å². The number of hydrogen-bond acceptors (Lipinski definition) is 6. The molecule has 0 radical (unpaired) electrons. The number of carbonyl (C=O) groups is 2. The van der Waals surface area contributed by atoms with E-state index in [9.17, 15) is 14.7 Å². The number of aromatic nitrogens is 3. The molecular formula is C20H20N4O5. The maximum atomic E-state index is 12.8. The predicted molar refractivity (Wildman–Crippen MR) is 105 cm³/mol. The van der Waals surface area contributed by atoms with Gasteiger partial charge >= 0.3 is 5.97 Å². The van der Waals surface area contributed by atoms with Crippen LogP contribution in [0.15, 0.2) is 36.4 Å². The summed E-state index contributed by atoms with van der Waals surface area (Å²) in [5.74, 6) is 0.566. The molecule has 150 valence electrons. The highest BCUT2D eigenvalue weighted by Gasteiger charge is 2.15. The van der Waals surface area contributed by atoms with Crippen LogP contribution in [-0.2, 0) is 0 Å². The third-order valence-electron chi connectivity index (χ3n) is 4.28. The first kappa shape index (κ1) is 19.9. The summed E-state index contributed by atoms with van der Waals surface area (Å²) in [6, 6.07) is 9.32. The van der Waals surface area contributed by atoms with Gasteiger partial charge in [0.1, 0.15) is 23.1 Å². The first-order valence-corrected chi connectivity index (χ1v) is 8.64. The third kappa shape index (κ3) is 4.18. The van der Waals surface area contributed by atoms with Crippen molar-refractivity contribution in [2.75, 3.05) is 19.5 Å². The summed E-state index contributed by atoms with van der Waals surface area (Å²) in [6.07, 6.45) is 0. The molecule has 0 saturated heterocycles. The minimum Gasteiger partial charge on any atom is -0.497 e. The average molecular weight is 396 g/mol. The Kier molecular flexibility index (Phi) is 5.49. The molecule has 1 aromatic heterocycles. The minimum absolute atomic E-state index is 0.0218. The molecule has 1 heterocycles. The lowest BCUT2D eigenvalue weighted by Crippen LogP contribution is -2.14. The highest BCUT2D eigenvalue weighted by atomic mass is 16.5. The summed E-state index contributed by atoms with van der Waals surface area (Å²) in [6.45, 7) is 3.52. The van der Waals surface area contributed by atoms with Crippen molar-refractivity contribution in [3.63, 3.8) is 0 Å². The second-order valence-corrected chi connectivity index (χ2v) is 6.26. The van der Waals surface area contributed by atoms with Crippen molar-refractivity contribution in [3.05, 3.63) is 59.2 Å². The van der Waals surface area contributed by atoms with E-state index in [0.717, 1.165) is 0 Å². The van der Waals surface area contributed by atoms with Gasteiger partial charge in [0.15, 0.2) is 0 Å². The van der Waals surface area contributed by atoms with E-state index in [4.69, 9.17) is 9.47 Å². The maximum Gasteiger partial charge on any atom is 0.335 e. The Bertz CT molecular complexity index is 1050. The normalized spacial score (nSPS) is 10.5. The SMILES string of the molecule is COc1cc(OC)cc(C(=O)Nc2cc(C(=O)O)cc(-n3c(C)nnc3C)c2)c1. The van der Waals surface area contributed by atoms with Crippen molar-refractivity contribution in [2.24, 2.45) is 0 Å². The zero-order chi connectivity index (χ0) is 21.1. The highest BCUT2D eigenvalue weighted by molar-refractivity contribution is 6.05. The molecular weight excluding hydrogens is 376 g/mol. The molecule has 9 nitrogen and oxygen atoms in total. The number of amides is 1. The fourth-order valence-corrected chi connectivity index (χ4v) is 2.92. The molecule has 3 rings (SSSR count). The first-order valence-electron chi connectivity index (χ1n) is 8.64. The van der Waals surface area contributed by atoms with Gasteiger partial charge in [0.25, 0.3) is 5.91 Å². The minimum atomic E-state index is -1.12. The number of anilines is 1. The van der Waals surface area contributed by atoms with Gasteiger partial charge in [-0.1, -0.05) is 0 Å². The number of nitrogens with one attached hydrogen (secondary N) is 1. The van der Waals surface area contributed by atoms with Gasteiger partial charge in [0.2, 0.25) is 0 Å². The van der Waals surface area contributed by atoms with Crippen LogP contribution < -0.4 is 14.8 Å². The van der Waals surface area contributed by atoms with Crippen LogP contribution in [0.2, 0.25) is 0 Å². The lowest BCUT2D eigenvalue weighted by Gasteiger charge is -2.13. The number of carbonyl (C=O) groups excluding carboxylic acids is 1. The lowest BCUT2D eigenvalue weighted by atomic mass is 10.1. The van der Waals surface area contributed by atoms with E-state index in [1.165, 1.54) is 26.4 Å². The molecule has 0 unspecified atom stereocenters. The molecule has 0 bridgehead atoms. The first-order chi connectivity index (χ1) is 13.8. The highest BCUT2D eigenvalue weighted by Crippen LogP contribution is 2.25. The molecule has 0 aliphatic heterocycles. The van der Waals surface area contributed by atoms with Crippen LogP contribution in [0.4, 0.5) is 5.69 Å². The smallest absolute Gasteiger partial charge is 0.335 e. The van der Waals surface area contributed by atoms with Crippen molar-refractivity contribution in [1.82, 2.24) is 14.8 Å². The fourth-order valence-electron chi connectivity index (χ4n) is 2.92. The Hall–Kier alpha value is -3.88. The van der Waals surface area contributed by atoms with E-state index in [1.807, 2.05) is 0 Å². The molecule has 29 heavy (non-hydrogen) atoms. The molecule has 3 aromatic rings. The molecule has 2 N–H and O–H groups in total. The number of hydrogen-bond donors (Lipinski definition) is 2. The van der Waals surface area contributed by atoms with E-state index in [0.29, 0.717) is 40.1 Å². The van der Waals surface area contributed by atoms with Crippen molar-refractivity contribution >= 4 is 17.6 Å². The monoisotopic (exact) mass is 396 g/mol. The van der Waals surface area contributed by atoms with Crippen LogP contribution in [0.3, 0.4) is 0 Å². The zero-order valence-corrected chi connectivity index (χ0v) is 16.4. The second kappa shape index (κ2) is 8.01. The zero-order valence-electron chi connectivity index (χ0n) is 16.4. The average Bonchev–Trinajstić information content (AvgIpc) is 3.05. The largest absolute Gasteiger partial charge is 0.497 e. The van der Waals surface area contributed by atoms with Gasteiger partial charge < -0.3 is 19.9 Å². The summed E-state index contributed by atoms with van der Waals surface area (Å²) in [7, 11) is 2.98. The number of aryl methyl sites for hydroxylation is 2. The number of benzene rings is 2. The predicted octanol–water partition coefficient (Wildman–Crippen LogP) is 2.85. The number of carboxylic acid groups (broad SMARTS) is 1. The summed E-state index contributed by atoms with van der Waals surface area (Å²) < 4.78 is 12.1. The molecule has 9 heteroatoms. The van der Waals surface area contributed by atoms with Gasteiger partial charge in [-0.25, -0.2) is 4.79 Å². The van der Waals surface area contributed by atoms with Crippen molar-refractivity contribution in [1.29, 1.82) is 0 Å². The van der Waals surface area contributed by atoms with Crippen LogP contribution in [0.1, 0.15) is 32.4 Å². The van der Waals surface area contributed by atoms with E-state index >= 15 is 0 Å². The summed E-state index contributed by atoms with van der Waals surface area (Å²) in [5, 5.41) is 20.2. The third-order valence-corrected chi connectivity index (χ3v) is 4.28. The number of nitrogens with zero attached hydrogens (tertiary/aromatic N) is 3. The Morgan fingerprint density at radius 3 is 2.00 bits per heavy atom. The molecule has 0 saturated carbocycles. The van der Waals surface area contributed by atoms with Crippen LogP contribution in [0.5, 0.6) is 11.5 Å². The Labute approximate surface area is 166 Å².